The van der Waals surface area contributed by atoms with Crippen LogP contribution in [-0.4, -0.2) is 0 Å². The van der Waals surface area contributed by atoms with E-state index in [9.17, 15) is 0 Å². The zero-order chi connectivity index (χ0) is 20.8. The topological polar surface area (TPSA) is 0 Å². The molecule has 0 aromatic heterocycles. The number of hydrogen-bond acceptors (Lipinski definition) is 0. The maximum Gasteiger partial charge on any atom is -0.00852 e. The molecule has 0 unspecified atom stereocenters. The van der Waals surface area contributed by atoms with Crippen LogP contribution < -0.4 is 0 Å². The van der Waals surface area contributed by atoms with Gasteiger partial charge >= 0.3 is 0 Å². The molecule has 0 heterocycles. The highest BCUT2D eigenvalue weighted by Gasteiger charge is 2.19. The van der Waals surface area contributed by atoms with E-state index in [0.29, 0.717) is 0 Å². The van der Waals surface area contributed by atoms with Crippen LogP contribution in [-0.2, 0) is 12.8 Å². The molecule has 0 radical (unpaired) electrons. The SMILES string of the molecule is C.Cc1c2c(c(C)c3c1CC=C3)CC=C2.Cc1c2ccccc2c(C)c2ccccc12. The zero-order valence-electron chi connectivity index (χ0n) is 18.3. The lowest BCUT2D eigenvalue weighted by molar-refractivity contribution is 1.16. The Balaban J connectivity index is 0.000000146. The summed E-state index contributed by atoms with van der Waals surface area (Å²) < 4.78 is 0. The molecule has 0 nitrogen and oxygen atoms in total. The van der Waals surface area contributed by atoms with Gasteiger partial charge < -0.3 is 0 Å². The standard InChI is InChI=1S/C16H14.C14H14.CH4/c1-11-13-7-3-5-9-15(13)12(2)16-10-6-4-8-14(11)16;1-9-11-5-3-7-13(11)10(2)14-8-4-6-12(9)14;/h3-10H,1-2H3;3-5,8H,6-7H2,1-2H3;1H4. The summed E-state index contributed by atoms with van der Waals surface area (Å²) in [5, 5.41) is 5.50. The van der Waals surface area contributed by atoms with Crippen LogP contribution in [0.1, 0.15) is 51.9 Å². The Hall–Kier alpha value is -3.12. The first-order valence-electron chi connectivity index (χ1n) is 10.9. The van der Waals surface area contributed by atoms with Crippen molar-refractivity contribution in [3.05, 3.63) is 105 Å². The molecule has 4 aromatic carbocycles. The van der Waals surface area contributed by atoms with Gasteiger partial charge in [-0.1, -0.05) is 80.3 Å². The molecule has 0 fully saturated rings. The molecule has 0 spiro atoms. The van der Waals surface area contributed by atoms with E-state index in [4.69, 9.17) is 0 Å². The number of allylic oxidation sites excluding steroid dienone is 2. The van der Waals surface area contributed by atoms with Gasteiger partial charge in [0, 0.05) is 0 Å². The Labute approximate surface area is 186 Å². The molecule has 0 saturated carbocycles. The summed E-state index contributed by atoms with van der Waals surface area (Å²) >= 11 is 0. The van der Waals surface area contributed by atoms with Crippen LogP contribution in [0, 0.1) is 27.7 Å². The first-order chi connectivity index (χ1) is 14.6. The minimum Gasteiger partial charge on any atom is -0.0795 e. The summed E-state index contributed by atoms with van der Waals surface area (Å²) in [4.78, 5) is 0. The average Bonchev–Trinajstić information content (AvgIpc) is 3.47. The maximum absolute atomic E-state index is 2.29. The van der Waals surface area contributed by atoms with E-state index in [-0.39, 0.29) is 7.43 Å². The Kier molecular flexibility index (Phi) is 5.58. The molecule has 0 N–H and O–H groups in total. The number of fused-ring (bicyclic) bond motifs is 4. The van der Waals surface area contributed by atoms with Gasteiger partial charge in [-0.3, -0.25) is 0 Å². The first kappa shape index (κ1) is 21.1. The van der Waals surface area contributed by atoms with Gasteiger partial charge in [0.1, 0.15) is 0 Å². The van der Waals surface area contributed by atoms with Gasteiger partial charge in [-0.2, -0.15) is 0 Å². The van der Waals surface area contributed by atoms with Crippen LogP contribution in [0.3, 0.4) is 0 Å². The van der Waals surface area contributed by atoms with Crippen molar-refractivity contribution in [3.63, 3.8) is 0 Å². The van der Waals surface area contributed by atoms with Crippen molar-refractivity contribution >= 4 is 33.7 Å². The van der Waals surface area contributed by atoms with E-state index in [0.717, 1.165) is 12.8 Å². The van der Waals surface area contributed by atoms with Gasteiger partial charge in [-0.05, 0) is 107 Å². The second-order valence-corrected chi connectivity index (χ2v) is 8.59. The van der Waals surface area contributed by atoms with Crippen LogP contribution >= 0.6 is 0 Å². The Morgan fingerprint density at radius 3 is 1.13 bits per heavy atom. The molecule has 0 aliphatic heterocycles. The van der Waals surface area contributed by atoms with Crippen molar-refractivity contribution in [2.45, 2.75) is 48.0 Å². The van der Waals surface area contributed by atoms with Gasteiger partial charge in [0.05, 0.1) is 0 Å². The van der Waals surface area contributed by atoms with Crippen LogP contribution in [0.15, 0.2) is 60.7 Å². The van der Waals surface area contributed by atoms with Gasteiger partial charge in [0.15, 0.2) is 0 Å². The van der Waals surface area contributed by atoms with Crippen LogP contribution in [0.2, 0.25) is 0 Å². The van der Waals surface area contributed by atoms with Gasteiger partial charge in [0.2, 0.25) is 0 Å². The van der Waals surface area contributed by atoms with Crippen LogP contribution in [0.5, 0.6) is 0 Å². The zero-order valence-corrected chi connectivity index (χ0v) is 18.3. The van der Waals surface area contributed by atoms with E-state index in [1.165, 1.54) is 54.9 Å². The first-order valence-corrected chi connectivity index (χ1v) is 10.9. The largest absolute Gasteiger partial charge is 0.0795 e. The highest BCUT2D eigenvalue weighted by Crippen LogP contribution is 2.36. The van der Waals surface area contributed by atoms with Gasteiger partial charge in [0.25, 0.3) is 0 Å². The van der Waals surface area contributed by atoms with Crippen LogP contribution in [0.4, 0.5) is 0 Å². The fraction of sp³-hybridized carbons (Fsp3) is 0.226. The average molecular weight is 405 g/mol. The highest BCUT2D eigenvalue weighted by atomic mass is 14.2. The van der Waals surface area contributed by atoms with E-state index in [2.05, 4.69) is 101 Å². The van der Waals surface area contributed by atoms with Crippen molar-refractivity contribution in [2.75, 3.05) is 0 Å². The number of rotatable bonds is 0. The molecule has 6 rings (SSSR count). The molecule has 4 aromatic rings. The highest BCUT2D eigenvalue weighted by molar-refractivity contribution is 6.05. The van der Waals surface area contributed by atoms with Gasteiger partial charge in [-0.15, -0.1) is 0 Å². The summed E-state index contributed by atoms with van der Waals surface area (Å²) in [6.07, 6.45) is 11.4. The Morgan fingerprint density at radius 1 is 0.484 bits per heavy atom. The molecule has 0 atom stereocenters. The summed E-state index contributed by atoms with van der Waals surface area (Å²) in [6, 6.07) is 17.3. The van der Waals surface area contributed by atoms with Crippen molar-refractivity contribution in [1.29, 1.82) is 0 Å². The predicted octanol–water partition coefficient (Wildman–Crippen LogP) is 8.69. The quantitative estimate of drug-likeness (QED) is 0.257. The van der Waals surface area contributed by atoms with Crippen molar-refractivity contribution < 1.29 is 0 Å². The second-order valence-electron chi connectivity index (χ2n) is 8.59. The van der Waals surface area contributed by atoms with E-state index >= 15 is 0 Å². The minimum atomic E-state index is 0. The summed E-state index contributed by atoms with van der Waals surface area (Å²) in [7, 11) is 0. The van der Waals surface area contributed by atoms with E-state index < -0.39 is 0 Å². The molecule has 0 saturated heterocycles. The molecule has 0 heteroatoms. The molecule has 156 valence electrons. The molecule has 0 bridgehead atoms. The fourth-order valence-electron chi connectivity index (χ4n) is 5.31. The number of hydrogen-bond donors (Lipinski definition) is 0. The molecular formula is C31H32. The third-order valence-corrected chi connectivity index (χ3v) is 7.05. The summed E-state index contributed by atoms with van der Waals surface area (Å²) in [6.45, 7) is 8.95. The van der Waals surface area contributed by atoms with Crippen LogP contribution in [0.25, 0.3) is 33.7 Å². The minimum absolute atomic E-state index is 0. The fourth-order valence-corrected chi connectivity index (χ4v) is 5.31. The van der Waals surface area contributed by atoms with Crippen molar-refractivity contribution in [1.82, 2.24) is 0 Å². The normalized spacial score (nSPS) is 13.0. The maximum atomic E-state index is 2.29. The number of benzene rings is 4. The lowest BCUT2D eigenvalue weighted by atomic mass is 9.90. The molecule has 31 heavy (non-hydrogen) atoms. The third kappa shape index (κ3) is 3.31. The molecule has 2 aliphatic carbocycles. The lowest BCUT2D eigenvalue weighted by Gasteiger charge is -2.14. The predicted molar refractivity (Wildman–Crippen MR) is 139 cm³/mol. The molecule has 2 aliphatic rings. The van der Waals surface area contributed by atoms with E-state index in [1.54, 1.807) is 11.1 Å². The lowest BCUT2D eigenvalue weighted by Crippen LogP contribution is -1.99. The van der Waals surface area contributed by atoms with Gasteiger partial charge in [-0.25, -0.2) is 0 Å². The molecular weight excluding hydrogens is 372 g/mol. The van der Waals surface area contributed by atoms with Crippen molar-refractivity contribution in [2.24, 2.45) is 0 Å². The number of aryl methyl sites for hydroxylation is 2. The smallest absolute Gasteiger partial charge is 0.00852 e. The second kappa shape index (κ2) is 8.19. The van der Waals surface area contributed by atoms with Crippen molar-refractivity contribution in [3.8, 4) is 0 Å². The Morgan fingerprint density at radius 2 is 0.806 bits per heavy atom. The summed E-state index contributed by atoms with van der Waals surface area (Å²) in [5.74, 6) is 0. The molecule has 0 amide bonds. The monoisotopic (exact) mass is 404 g/mol. The third-order valence-electron chi connectivity index (χ3n) is 7.05. The van der Waals surface area contributed by atoms with E-state index in [1.807, 2.05) is 0 Å². The Bertz CT molecular complexity index is 1200. The summed E-state index contributed by atoms with van der Waals surface area (Å²) in [5.41, 5.74) is 11.8.